The van der Waals surface area contributed by atoms with Crippen LogP contribution in [0.25, 0.3) is 0 Å². The Bertz CT molecular complexity index is 380. The van der Waals surface area contributed by atoms with E-state index in [0.717, 1.165) is 0 Å². The summed E-state index contributed by atoms with van der Waals surface area (Å²) in [5.74, 6) is -0.686. The predicted octanol–water partition coefficient (Wildman–Crippen LogP) is 0.863. The van der Waals surface area contributed by atoms with Gasteiger partial charge in [-0.3, -0.25) is 14.5 Å². The number of amides is 2. The largest absolute Gasteiger partial charge is 0.273 e. The van der Waals surface area contributed by atoms with E-state index in [0.29, 0.717) is 12.3 Å². The Hall–Kier alpha value is -1.71. The third kappa shape index (κ3) is 1.19. The van der Waals surface area contributed by atoms with E-state index in [1.54, 1.807) is 24.4 Å². The topological polar surface area (TPSA) is 49.7 Å². The molecule has 0 saturated heterocycles. The number of fused-ring (bicyclic) bond motifs is 1. The number of carbonyl (C=O) groups excluding carboxylic acids is 2. The van der Waals surface area contributed by atoms with Crippen LogP contribution in [0.5, 0.6) is 0 Å². The summed E-state index contributed by atoms with van der Waals surface area (Å²) < 4.78 is 0. The van der Waals surface area contributed by atoms with Crippen LogP contribution in [-0.2, 0) is 9.59 Å². The summed E-state index contributed by atoms with van der Waals surface area (Å²) in [4.78, 5) is 28.4. The normalized spacial score (nSPS) is 25.1. The number of carbonyl (C=O) groups is 2. The second-order valence-electron chi connectivity index (χ2n) is 3.18. The highest BCUT2D eigenvalue weighted by atomic mass is 16.2. The van der Waals surface area contributed by atoms with E-state index in [9.17, 15) is 9.59 Å². The number of nitrogens with zero attached hydrogens (tertiary/aromatic N) is 2. The minimum absolute atomic E-state index is 0.178. The Kier molecular flexibility index (Phi) is 2.04. The van der Waals surface area contributed by atoms with Crippen molar-refractivity contribution in [1.29, 1.82) is 0 Å². The van der Waals surface area contributed by atoms with Gasteiger partial charge in [0.2, 0.25) is 5.91 Å². The molecule has 0 saturated carbocycles. The summed E-state index contributed by atoms with van der Waals surface area (Å²) in [5, 5.41) is 0. The highest BCUT2D eigenvalue weighted by Crippen LogP contribution is 2.18. The van der Waals surface area contributed by atoms with Crippen LogP contribution in [0.2, 0.25) is 0 Å². The first-order valence-electron chi connectivity index (χ1n) is 4.54. The van der Waals surface area contributed by atoms with Crippen molar-refractivity contribution >= 4 is 17.6 Å². The van der Waals surface area contributed by atoms with Crippen molar-refractivity contribution < 1.29 is 9.59 Å². The van der Waals surface area contributed by atoms with Gasteiger partial charge in [0.05, 0.1) is 0 Å². The Morgan fingerprint density at radius 1 is 1.43 bits per heavy atom. The van der Waals surface area contributed by atoms with Crippen molar-refractivity contribution in [2.24, 2.45) is 10.9 Å². The molecule has 0 spiro atoms. The summed E-state index contributed by atoms with van der Waals surface area (Å²) >= 11 is 0. The lowest BCUT2D eigenvalue weighted by atomic mass is 10.0. The van der Waals surface area contributed by atoms with Crippen molar-refractivity contribution in [2.45, 2.75) is 13.3 Å². The lowest BCUT2D eigenvalue weighted by molar-refractivity contribution is -0.137. The van der Waals surface area contributed by atoms with E-state index in [4.69, 9.17) is 0 Å². The molecule has 2 heterocycles. The molecule has 0 N–H and O–H groups in total. The van der Waals surface area contributed by atoms with Gasteiger partial charge in [0.15, 0.2) is 0 Å². The first kappa shape index (κ1) is 8.87. The van der Waals surface area contributed by atoms with Crippen LogP contribution in [0, 0.1) is 5.92 Å². The second kappa shape index (κ2) is 3.21. The molecule has 1 unspecified atom stereocenters. The summed E-state index contributed by atoms with van der Waals surface area (Å²) in [7, 11) is 0. The lowest BCUT2D eigenvalue weighted by Crippen LogP contribution is -2.44. The average Bonchev–Trinajstić information content (AvgIpc) is 2.18. The number of hydrogen-bond acceptors (Lipinski definition) is 2. The minimum Gasteiger partial charge on any atom is -0.273 e. The van der Waals surface area contributed by atoms with Crippen LogP contribution in [0.1, 0.15) is 13.3 Å². The van der Waals surface area contributed by atoms with E-state index < -0.39 is 5.92 Å². The zero-order valence-corrected chi connectivity index (χ0v) is 7.80. The fourth-order valence-corrected chi connectivity index (χ4v) is 1.53. The maximum Gasteiger partial charge on any atom is 0.260 e. The van der Waals surface area contributed by atoms with Gasteiger partial charge in [0, 0.05) is 6.20 Å². The third-order valence-corrected chi connectivity index (χ3v) is 2.30. The molecule has 0 aromatic rings. The monoisotopic (exact) mass is 190 g/mol. The fraction of sp³-hybridized carbons (Fsp3) is 0.300. The van der Waals surface area contributed by atoms with E-state index in [1.807, 2.05) is 6.92 Å². The number of aliphatic imine (C=N–C) groups is 1. The Labute approximate surface area is 81.6 Å². The molecule has 2 rings (SSSR count). The number of allylic oxidation sites excluding steroid dienone is 2. The van der Waals surface area contributed by atoms with Gasteiger partial charge in [-0.2, -0.15) is 4.99 Å². The summed E-state index contributed by atoms with van der Waals surface area (Å²) in [6, 6.07) is 0. The Morgan fingerprint density at radius 2 is 2.21 bits per heavy atom. The first-order valence-corrected chi connectivity index (χ1v) is 4.54. The molecule has 2 aliphatic rings. The van der Waals surface area contributed by atoms with Gasteiger partial charge in [-0.05, 0) is 18.6 Å². The average molecular weight is 190 g/mol. The zero-order valence-electron chi connectivity index (χ0n) is 7.80. The molecule has 0 aromatic heterocycles. The molecular formula is C10H10N2O2. The van der Waals surface area contributed by atoms with E-state index in [2.05, 4.69) is 4.99 Å². The molecule has 1 atom stereocenters. The molecular weight excluding hydrogens is 180 g/mol. The summed E-state index contributed by atoms with van der Waals surface area (Å²) in [6.45, 7) is 1.81. The maximum atomic E-state index is 11.7. The van der Waals surface area contributed by atoms with Crippen molar-refractivity contribution in [3.63, 3.8) is 0 Å². The van der Waals surface area contributed by atoms with E-state index >= 15 is 0 Å². The molecule has 0 radical (unpaired) electrons. The molecule has 0 fully saturated rings. The van der Waals surface area contributed by atoms with Gasteiger partial charge in [-0.25, -0.2) is 0 Å². The summed E-state index contributed by atoms with van der Waals surface area (Å²) in [5.41, 5.74) is 0. The Morgan fingerprint density at radius 3 is 2.93 bits per heavy atom. The van der Waals surface area contributed by atoms with Crippen molar-refractivity contribution in [2.75, 3.05) is 0 Å². The Balaban J connectivity index is 2.41. The predicted molar refractivity (Wildman–Crippen MR) is 51.3 cm³/mol. The molecule has 2 aliphatic heterocycles. The molecule has 4 nitrogen and oxygen atoms in total. The van der Waals surface area contributed by atoms with Crippen LogP contribution >= 0.6 is 0 Å². The molecule has 0 bridgehead atoms. The van der Waals surface area contributed by atoms with Gasteiger partial charge in [-0.1, -0.05) is 13.0 Å². The standard InChI is InChI=1S/C10H10N2O2/c1-2-7-9(13)11-8-5-3-4-6-12(8)10(7)14/h3-7H,2H2,1H3. The highest BCUT2D eigenvalue weighted by molar-refractivity contribution is 6.19. The number of amidine groups is 1. The number of hydrogen-bond donors (Lipinski definition) is 0. The quantitative estimate of drug-likeness (QED) is 0.576. The smallest absolute Gasteiger partial charge is 0.260 e. The third-order valence-electron chi connectivity index (χ3n) is 2.30. The molecule has 14 heavy (non-hydrogen) atoms. The zero-order chi connectivity index (χ0) is 10.1. The van der Waals surface area contributed by atoms with Gasteiger partial charge in [0.25, 0.3) is 5.91 Å². The molecule has 72 valence electrons. The van der Waals surface area contributed by atoms with Crippen LogP contribution in [0.3, 0.4) is 0 Å². The maximum absolute atomic E-state index is 11.7. The minimum atomic E-state index is -0.602. The van der Waals surface area contributed by atoms with Gasteiger partial charge < -0.3 is 0 Å². The molecule has 2 amide bonds. The van der Waals surface area contributed by atoms with Gasteiger partial charge in [-0.15, -0.1) is 0 Å². The second-order valence-corrected chi connectivity index (χ2v) is 3.18. The van der Waals surface area contributed by atoms with Crippen LogP contribution < -0.4 is 0 Å². The van der Waals surface area contributed by atoms with Gasteiger partial charge in [0.1, 0.15) is 11.8 Å². The number of rotatable bonds is 1. The van der Waals surface area contributed by atoms with Crippen molar-refractivity contribution in [3.8, 4) is 0 Å². The van der Waals surface area contributed by atoms with Crippen molar-refractivity contribution in [1.82, 2.24) is 4.90 Å². The molecule has 0 aromatic carbocycles. The SMILES string of the molecule is CCC1C(=O)N=C2C=CC=CN2C1=O. The molecule has 0 aliphatic carbocycles. The van der Waals surface area contributed by atoms with Crippen molar-refractivity contribution in [3.05, 3.63) is 24.4 Å². The first-order chi connectivity index (χ1) is 6.74. The van der Waals surface area contributed by atoms with Gasteiger partial charge >= 0.3 is 0 Å². The highest BCUT2D eigenvalue weighted by Gasteiger charge is 2.35. The van der Waals surface area contributed by atoms with Crippen LogP contribution in [0.4, 0.5) is 0 Å². The van der Waals surface area contributed by atoms with Crippen LogP contribution in [-0.4, -0.2) is 22.5 Å². The van der Waals surface area contributed by atoms with Crippen LogP contribution in [0.15, 0.2) is 29.4 Å². The van der Waals surface area contributed by atoms with E-state index in [1.165, 1.54) is 4.90 Å². The fourth-order valence-electron chi connectivity index (χ4n) is 1.53. The molecule has 4 heteroatoms. The summed E-state index contributed by atoms with van der Waals surface area (Å²) in [6.07, 6.45) is 7.29. The van der Waals surface area contributed by atoms with E-state index in [-0.39, 0.29) is 11.8 Å². The lowest BCUT2D eigenvalue weighted by Gasteiger charge is -2.27.